The summed E-state index contributed by atoms with van der Waals surface area (Å²) < 4.78 is 16.0. The van der Waals surface area contributed by atoms with Gasteiger partial charge in [0.05, 0.1) is 19.8 Å². The van der Waals surface area contributed by atoms with E-state index in [-0.39, 0.29) is 38.0 Å². The maximum absolute atomic E-state index is 10.3. The zero-order valence-corrected chi connectivity index (χ0v) is 26.8. The zero-order valence-electron chi connectivity index (χ0n) is 22.5. The summed E-state index contributed by atoms with van der Waals surface area (Å²) in [6.07, 6.45) is 12.8. The van der Waals surface area contributed by atoms with E-state index in [1.54, 1.807) is 6.66 Å². The molecule has 0 aliphatic heterocycles. The molecule has 0 spiro atoms. The minimum absolute atomic E-state index is 0. The van der Waals surface area contributed by atoms with Gasteiger partial charge in [-0.25, -0.2) is 0 Å². The van der Waals surface area contributed by atoms with Crippen LogP contribution >= 0.6 is 35.6 Å². The molecule has 0 rings (SSSR count). The Bertz CT molecular complexity index is 649. The van der Waals surface area contributed by atoms with Crippen molar-refractivity contribution in [2.24, 2.45) is 5.92 Å². The minimum Gasteiger partial charge on any atom is -0.530 e. The molecule has 3 atom stereocenters. The quantitative estimate of drug-likeness (QED) is 0.0484. The van der Waals surface area contributed by atoms with Crippen molar-refractivity contribution in [1.82, 2.24) is 5.32 Å². The molecule has 0 bridgehead atoms. The number of carbonyl (C=O) groups is 1. The minimum atomic E-state index is -3.31. The van der Waals surface area contributed by atoms with Gasteiger partial charge in [0.15, 0.2) is 0 Å². The van der Waals surface area contributed by atoms with Crippen molar-refractivity contribution < 1.29 is 57.2 Å². The summed E-state index contributed by atoms with van der Waals surface area (Å²) in [6.45, 7) is -0.391. The Hall–Kier alpha value is 1.28. The molecule has 15 heteroatoms. The van der Waals surface area contributed by atoms with Crippen LogP contribution in [0.15, 0.2) is 0 Å². The molecule has 4 N–H and O–H groups in total. The van der Waals surface area contributed by atoms with Crippen LogP contribution in [-0.4, -0.2) is 78.4 Å². The smallest absolute Gasteiger partial charge is 0.530 e. The van der Waals surface area contributed by atoms with Gasteiger partial charge in [0.1, 0.15) is 13.4 Å². The van der Waals surface area contributed by atoms with E-state index >= 15 is 0 Å². The first kappa shape index (κ1) is 40.4. The molecule has 9 nitrogen and oxygen atoms in total. The number of hydrogen-bond donors (Lipinski definition) is 4. The van der Waals surface area contributed by atoms with Crippen LogP contribution in [0.5, 0.6) is 0 Å². The number of nitrogens with one attached hydrogen (secondary N) is 1. The summed E-state index contributed by atoms with van der Waals surface area (Å²) in [5.74, 6) is 2.09. The Morgan fingerprint density at radius 3 is 2.00 bits per heavy atom. The number of carbonyl (C=O) groups excluding carboxylic acids is 1. The van der Waals surface area contributed by atoms with Crippen molar-refractivity contribution in [3.05, 3.63) is 0 Å². The van der Waals surface area contributed by atoms with Gasteiger partial charge >= 0.3 is 25.6 Å². The molecule has 0 aromatic carbocycles. The fourth-order valence-corrected chi connectivity index (χ4v) is 7.06. The van der Waals surface area contributed by atoms with Crippen LogP contribution in [0, 0.1) is 5.92 Å². The summed E-state index contributed by atoms with van der Waals surface area (Å²) in [5.41, 5.74) is 0. The van der Waals surface area contributed by atoms with E-state index < -0.39 is 20.2 Å². The van der Waals surface area contributed by atoms with E-state index in [0.717, 1.165) is 50.0 Å². The van der Waals surface area contributed by atoms with E-state index in [1.165, 1.54) is 12.8 Å². The second kappa shape index (κ2) is 26.2. The first-order valence-electron chi connectivity index (χ1n) is 12.6. The van der Waals surface area contributed by atoms with Crippen molar-refractivity contribution in [3.63, 3.8) is 0 Å². The summed E-state index contributed by atoms with van der Waals surface area (Å²) in [5, 5.41) is 21.9. The second-order valence-corrected chi connectivity index (χ2v) is 16.6. The number of amides is 1. The topological polar surface area (TPSA) is 141 Å². The third kappa shape index (κ3) is 31.7. The van der Waals surface area contributed by atoms with Crippen LogP contribution in [0.3, 0.4) is 0 Å². The van der Waals surface area contributed by atoms with Crippen LogP contribution in [0.25, 0.3) is 0 Å². The Morgan fingerprint density at radius 1 is 0.946 bits per heavy atom. The summed E-state index contributed by atoms with van der Waals surface area (Å²) in [4.78, 5) is 29.9. The molecule has 0 saturated carbocycles. The molecule has 0 aliphatic carbocycles. The van der Waals surface area contributed by atoms with Gasteiger partial charge in [0.2, 0.25) is 0 Å². The van der Waals surface area contributed by atoms with Crippen LogP contribution in [0.1, 0.15) is 70.6 Å². The Kier molecular flexibility index (Phi) is 28.6. The predicted molar refractivity (Wildman–Crippen MR) is 156 cm³/mol. The number of aliphatic hydroxyl groups excluding tert-OH is 1. The third-order valence-electron chi connectivity index (χ3n) is 4.99. The standard InChI is InChI=1S/C22H47NO8P2S3.Li/c1-32(2,27)29-15-9-3-5-11-17-35-36-18-12-6-4-10-16-30-33(28,34)31-20-21(19-24)13-7-8-14-23-22(25)26;/h21,23-24,27H,1,3-20H2,2H3,(H,25,26)(H,28,34);/q;+1/p-1. The van der Waals surface area contributed by atoms with E-state index in [1.807, 2.05) is 21.6 Å². The fraction of sp³-hybridized carbons (Fsp3) is 0.909. The summed E-state index contributed by atoms with van der Waals surface area (Å²) in [7, 11) is 1.50. The maximum Gasteiger partial charge on any atom is 1.00 e. The monoisotopic (exact) mass is 617 g/mol. The van der Waals surface area contributed by atoms with Gasteiger partial charge in [-0.15, -0.1) is 0 Å². The molecular formula is C22H46LiNO8P2S3. The zero-order chi connectivity index (χ0) is 27.1. The predicted octanol–water partition coefficient (Wildman–Crippen LogP) is 1.37. The Balaban J connectivity index is 0. The van der Waals surface area contributed by atoms with Crippen molar-refractivity contribution >= 4 is 59.8 Å². The van der Waals surface area contributed by atoms with Crippen LogP contribution in [-0.2, 0) is 25.4 Å². The van der Waals surface area contributed by atoms with Gasteiger partial charge in [-0.3, -0.25) is 0 Å². The van der Waals surface area contributed by atoms with E-state index in [9.17, 15) is 24.8 Å². The SMILES string of the molecule is C=P(C)(O)OCCCCCCSSCCCCCCOP(O)(=S)OCC(CO)CCCCNC(=O)[O-].[Li+]. The first-order valence-corrected chi connectivity index (χ1v) is 19.9. The van der Waals surface area contributed by atoms with Crippen molar-refractivity contribution in [2.75, 3.05) is 51.1 Å². The first-order chi connectivity index (χ1) is 17.1. The van der Waals surface area contributed by atoms with Crippen LogP contribution in [0.2, 0.25) is 0 Å². The fourth-order valence-electron chi connectivity index (χ4n) is 3.00. The number of aliphatic hydroxyl groups is 1. The molecule has 37 heavy (non-hydrogen) atoms. The maximum atomic E-state index is 10.3. The van der Waals surface area contributed by atoms with Crippen molar-refractivity contribution in [1.29, 1.82) is 0 Å². The largest absolute Gasteiger partial charge is 1.00 e. The van der Waals surface area contributed by atoms with E-state index in [0.29, 0.717) is 39.0 Å². The second-order valence-electron chi connectivity index (χ2n) is 8.71. The van der Waals surface area contributed by atoms with E-state index in [4.69, 9.17) is 25.4 Å². The molecule has 1 amide bonds. The molecule has 0 fully saturated rings. The average Bonchev–Trinajstić information content (AvgIpc) is 2.79. The molecule has 216 valence electrons. The summed E-state index contributed by atoms with van der Waals surface area (Å²) in [6, 6.07) is 0. The van der Waals surface area contributed by atoms with Crippen molar-refractivity contribution in [2.45, 2.75) is 70.6 Å². The number of carboxylic acid groups (broad SMARTS) is 1. The summed E-state index contributed by atoms with van der Waals surface area (Å²) >= 11 is 5.04. The molecule has 0 heterocycles. The normalized spacial score (nSPS) is 15.4. The molecule has 0 radical (unpaired) electrons. The number of unbranched alkanes of at least 4 members (excludes halogenated alkanes) is 7. The number of hydrogen-bond acceptors (Lipinski definition) is 10. The molecule has 0 saturated heterocycles. The van der Waals surface area contributed by atoms with Gasteiger partial charge in [-0.05, 0) is 50.3 Å². The third-order valence-corrected chi connectivity index (χ3v) is 9.92. The molecule has 0 aliphatic rings. The molecule has 3 unspecified atom stereocenters. The van der Waals surface area contributed by atoms with Gasteiger partial charge in [-0.2, -0.15) is 0 Å². The van der Waals surface area contributed by atoms with Crippen LogP contribution < -0.4 is 29.3 Å². The van der Waals surface area contributed by atoms with Gasteiger partial charge in [0.25, 0.3) is 0 Å². The molecule has 0 aromatic rings. The average molecular weight is 618 g/mol. The van der Waals surface area contributed by atoms with Gasteiger partial charge in [-0.1, -0.05) is 60.0 Å². The van der Waals surface area contributed by atoms with Crippen molar-refractivity contribution in [3.8, 4) is 0 Å². The molecular weight excluding hydrogens is 571 g/mol. The number of rotatable bonds is 26. The Morgan fingerprint density at radius 2 is 1.49 bits per heavy atom. The van der Waals surface area contributed by atoms with Gasteiger partial charge in [0, 0.05) is 37.2 Å². The van der Waals surface area contributed by atoms with Crippen LogP contribution in [0.4, 0.5) is 4.79 Å². The molecule has 0 aromatic heterocycles. The Labute approximate surface area is 248 Å². The van der Waals surface area contributed by atoms with Gasteiger partial charge < -0.3 is 43.7 Å². The van der Waals surface area contributed by atoms with E-state index in [2.05, 4.69) is 11.6 Å².